The monoisotopic (exact) mass is 178 g/mol. The molecule has 0 aliphatic heterocycles. The Kier molecular flexibility index (Phi) is 1.79. The smallest absolute Gasteiger partial charge is 0.125 e. The minimum atomic E-state index is -0.206. The lowest BCUT2D eigenvalue weighted by atomic mass is 10.2. The van der Waals surface area contributed by atoms with Crippen molar-refractivity contribution in [2.45, 2.75) is 20.4 Å². The highest BCUT2D eigenvalue weighted by Gasteiger charge is 2.05. The number of rotatable bonds is 1. The van der Waals surface area contributed by atoms with Crippen molar-refractivity contribution in [3.63, 3.8) is 0 Å². The molecule has 1 aromatic carbocycles. The third-order valence-corrected chi connectivity index (χ3v) is 2.20. The first-order valence-electron chi connectivity index (χ1n) is 4.35. The fourth-order valence-corrected chi connectivity index (χ4v) is 1.55. The van der Waals surface area contributed by atoms with Crippen molar-refractivity contribution in [1.82, 2.24) is 9.78 Å². The van der Waals surface area contributed by atoms with E-state index < -0.39 is 0 Å². The molecule has 3 heteroatoms. The van der Waals surface area contributed by atoms with E-state index in [1.807, 2.05) is 18.5 Å². The molecule has 0 amide bonds. The minimum Gasteiger partial charge on any atom is -0.265 e. The van der Waals surface area contributed by atoms with Gasteiger partial charge in [0.2, 0.25) is 0 Å². The Labute approximate surface area is 76.0 Å². The molecule has 1 heterocycles. The third kappa shape index (κ3) is 1.20. The average molecular weight is 178 g/mol. The van der Waals surface area contributed by atoms with E-state index in [-0.39, 0.29) is 5.82 Å². The highest BCUT2D eigenvalue weighted by molar-refractivity contribution is 5.81. The van der Waals surface area contributed by atoms with Crippen LogP contribution in [0, 0.1) is 12.7 Å². The third-order valence-electron chi connectivity index (χ3n) is 2.20. The second kappa shape index (κ2) is 2.83. The van der Waals surface area contributed by atoms with Gasteiger partial charge in [0.1, 0.15) is 5.82 Å². The van der Waals surface area contributed by atoms with Gasteiger partial charge in [-0.25, -0.2) is 4.39 Å². The Morgan fingerprint density at radius 3 is 2.92 bits per heavy atom. The summed E-state index contributed by atoms with van der Waals surface area (Å²) in [4.78, 5) is 0. The summed E-state index contributed by atoms with van der Waals surface area (Å²) in [6.45, 7) is 4.71. The standard InChI is InChI=1S/C10H11FN2/c1-3-13-10-6-8(11)4-5-9(10)7(2)12-13/h4-6H,3H2,1-2H3. The van der Waals surface area contributed by atoms with Crippen LogP contribution >= 0.6 is 0 Å². The predicted molar refractivity (Wildman–Crippen MR) is 50.1 cm³/mol. The van der Waals surface area contributed by atoms with Gasteiger partial charge in [0.15, 0.2) is 0 Å². The van der Waals surface area contributed by atoms with Gasteiger partial charge in [0.25, 0.3) is 0 Å². The van der Waals surface area contributed by atoms with Crippen molar-refractivity contribution < 1.29 is 4.39 Å². The maximum absolute atomic E-state index is 12.9. The second-order valence-electron chi connectivity index (χ2n) is 3.06. The molecule has 13 heavy (non-hydrogen) atoms. The highest BCUT2D eigenvalue weighted by Crippen LogP contribution is 2.18. The van der Waals surface area contributed by atoms with Crippen molar-refractivity contribution in [2.24, 2.45) is 0 Å². The molecule has 0 aliphatic carbocycles. The van der Waals surface area contributed by atoms with Crippen LogP contribution in [0.15, 0.2) is 18.2 Å². The van der Waals surface area contributed by atoms with E-state index in [1.165, 1.54) is 12.1 Å². The molecular weight excluding hydrogens is 167 g/mol. The molecule has 0 fully saturated rings. The Hall–Kier alpha value is -1.38. The lowest BCUT2D eigenvalue weighted by molar-refractivity contribution is 0.625. The first-order valence-corrected chi connectivity index (χ1v) is 4.35. The Balaban J connectivity index is 2.81. The molecule has 0 saturated heterocycles. The van der Waals surface area contributed by atoms with E-state index in [4.69, 9.17) is 0 Å². The fraction of sp³-hybridized carbons (Fsp3) is 0.300. The van der Waals surface area contributed by atoms with Crippen molar-refractivity contribution in [3.8, 4) is 0 Å². The number of hydrogen-bond donors (Lipinski definition) is 0. The maximum Gasteiger partial charge on any atom is 0.125 e. The van der Waals surface area contributed by atoms with Gasteiger partial charge in [-0.05, 0) is 32.0 Å². The van der Waals surface area contributed by atoms with Crippen LogP contribution in [0.5, 0.6) is 0 Å². The van der Waals surface area contributed by atoms with E-state index in [2.05, 4.69) is 5.10 Å². The first kappa shape index (κ1) is 8.23. The van der Waals surface area contributed by atoms with E-state index in [0.29, 0.717) is 0 Å². The van der Waals surface area contributed by atoms with Gasteiger partial charge >= 0.3 is 0 Å². The number of halogens is 1. The van der Waals surface area contributed by atoms with Crippen LogP contribution in [0.25, 0.3) is 10.9 Å². The van der Waals surface area contributed by atoms with Crippen LogP contribution in [-0.4, -0.2) is 9.78 Å². The van der Waals surface area contributed by atoms with Gasteiger partial charge in [0.05, 0.1) is 11.2 Å². The second-order valence-corrected chi connectivity index (χ2v) is 3.06. The van der Waals surface area contributed by atoms with Gasteiger partial charge < -0.3 is 0 Å². The molecule has 1 aromatic heterocycles. The van der Waals surface area contributed by atoms with E-state index in [0.717, 1.165) is 23.1 Å². The summed E-state index contributed by atoms with van der Waals surface area (Å²) in [5.41, 5.74) is 1.83. The topological polar surface area (TPSA) is 17.8 Å². The highest BCUT2D eigenvalue weighted by atomic mass is 19.1. The Morgan fingerprint density at radius 2 is 2.23 bits per heavy atom. The molecule has 0 radical (unpaired) electrons. The number of benzene rings is 1. The van der Waals surface area contributed by atoms with Crippen molar-refractivity contribution >= 4 is 10.9 Å². The molecule has 2 rings (SSSR count). The van der Waals surface area contributed by atoms with Crippen LogP contribution in [0.3, 0.4) is 0 Å². The quantitative estimate of drug-likeness (QED) is 0.656. The Morgan fingerprint density at radius 1 is 1.46 bits per heavy atom. The van der Waals surface area contributed by atoms with E-state index in [1.54, 1.807) is 6.07 Å². The first-order chi connectivity index (χ1) is 6.22. The summed E-state index contributed by atoms with van der Waals surface area (Å²) < 4.78 is 14.7. The number of fused-ring (bicyclic) bond motifs is 1. The maximum atomic E-state index is 12.9. The Bertz CT molecular complexity index is 445. The molecule has 68 valence electrons. The lowest BCUT2D eigenvalue weighted by Gasteiger charge is -1.96. The van der Waals surface area contributed by atoms with Crippen molar-refractivity contribution in [2.75, 3.05) is 0 Å². The molecule has 0 N–H and O–H groups in total. The fourth-order valence-electron chi connectivity index (χ4n) is 1.55. The van der Waals surface area contributed by atoms with Crippen LogP contribution in [-0.2, 0) is 6.54 Å². The summed E-state index contributed by atoms with van der Waals surface area (Å²) in [5.74, 6) is -0.206. The summed E-state index contributed by atoms with van der Waals surface area (Å²) in [7, 11) is 0. The van der Waals surface area contributed by atoms with Gasteiger partial charge in [-0.1, -0.05) is 0 Å². The summed E-state index contributed by atoms with van der Waals surface area (Å²) in [5, 5.41) is 5.33. The van der Waals surface area contributed by atoms with Gasteiger partial charge in [0, 0.05) is 11.9 Å². The number of aromatic nitrogens is 2. The molecule has 0 aliphatic rings. The molecule has 0 bridgehead atoms. The van der Waals surface area contributed by atoms with Gasteiger partial charge in [-0.2, -0.15) is 5.10 Å². The predicted octanol–water partition coefficient (Wildman–Crippen LogP) is 2.50. The number of nitrogens with zero attached hydrogens (tertiary/aromatic N) is 2. The lowest BCUT2D eigenvalue weighted by Crippen LogP contribution is -1.95. The van der Waals surface area contributed by atoms with Crippen LogP contribution in [0.2, 0.25) is 0 Å². The van der Waals surface area contributed by atoms with Gasteiger partial charge in [-0.15, -0.1) is 0 Å². The van der Waals surface area contributed by atoms with Crippen molar-refractivity contribution in [1.29, 1.82) is 0 Å². The zero-order valence-electron chi connectivity index (χ0n) is 7.71. The summed E-state index contributed by atoms with van der Waals surface area (Å²) in [6, 6.07) is 4.77. The zero-order chi connectivity index (χ0) is 9.42. The minimum absolute atomic E-state index is 0.206. The number of aryl methyl sites for hydroxylation is 2. The molecule has 0 saturated carbocycles. The van der Waals surface area contributed by atoms with E-state index >= 15 is 0 Å². The normalized spacial score (nSPS) is 11.0. The zero-order valence-corrected chi connectivity index (χ0v) is 7.71. The molecule has 2 aromatic rings. The molecule has 0 unspecified atom stereocenters. The average Bonchev–Trinajstić information content (AvgIpc) is 2.42. The van der Waals surface area contributed by atoms with Gasteiger partial charge in [-0.3, -0.25) is 4.68 Å². The van der Waals surface area contributed by atoms with Crippen LogP contribution < -0.4 is 0 Å². The largest absolute Gasteiger partial charge is 0.265 e. The molecular formula is C10H11FN2. The van der Waals surface area contributed by atoms with Crippen LogP contribution in [0.1, 0.15) is 12.6 Å². The van der Waals surface area contributed by atoms with Crippen molar-refractivity contribution in [3.05, 3.63) is 29.7 Å². The summed E-state index contributed by atoms with van der Waals surface area (Å²) >= 11 is 0. The van der Waals surface area contributed by atoms with Crippen LogP contribution in [0.4, 0.5) is 4.39 Å². The van der Waals surface area contributed by atoms with E-state index in [9.17, 15) is 4.39 Å². The SMILES string of the molecule is CCn1nc(C)c2ccc(F)cc21. The molecule has 2 nitrogen and oxygen atoms in total. The molecule has 0 atom stereocenters. The molecule has 0 spiro atoms. The number of hydrogen-bond acceptors (Lipinski definition) is 1. The summed E-state index contributed by atoms with van der Waals surface area (Å²) in [6.07, 6.45) is 0.